The summed E-state index contributed by atoms with van der Waals surface area (Å²) < 4.78 is 0. The molecular formula is C23H15Cl2NO3. The van der Waals surface area contributed by atoms with Gasteiger partial charge >= 0.3 is 0 Å². The number of rotatable bonds is 3. The van der Waals surface area contributed by atoms with Gasteiger partial charge in [0.25, 0.3) is 11.7 Å². The van der Waals surface area contributed by atoms with E-state index in [0.29, 0.717) is 26.9 Å². The lowest BCUT2D eigenvalue weighted by Crippen LogP contribution is -2.29. The normalized spacial score (nSPS) is 18.3. The van der Waals surface area contributed by atoms with Crippen LogP contribution in [0.25, 0.3) is 5.76 Å². The Hall–Kier alpha value is -3.08. The van der Waals surface area contributed by atoms with Crippen molar-refractivity contribution in [1.82, 2.24) is 0 Å². The van der Waals surface area contributed by atoms with Crippen LogP contribution in [0.1, 0.15) is 17.2 Å². The molecule has 1 fully saturated rings. The van der Waals surface area contributed by atoms with Gasteiger partial charge in [0, 0.05) is 21.3 Å². The summed E-state index contributed by atoms with van der Waals surface area (Å²) in [5.74, 6) is -1.72. The van der Waals surface area contributed by atoms with Gasteiger partial charge in [0.1, 0.15) is 5.76 Å². The van der Waals surface area contributed by atoms with E-state index in [4.69, 9.17) is 23.2 Å². The number of aliphatic hydroxyl groups is 1. The lowest BCUT2D eigenvalue weighted by molar-refractivity contribution is -0.132. The van der Waals surface area contributed by atoms with E-state index in [2.05, 4.69) is 0 Å². The number of benzene rings is 3. The average molecular weight is 424 g/mol. The minimum Gasteiger partial charge on any atom is -0.507 e. The van der Waals surface area contributed by atoms with Gasteiger partial charge in [-0.15, -0.1) is 0 Å². The summed E-state index contributed by atoms with van der Waals surface area (Å²) in [5, 5.41) is 11.9. The van der Waals surface area contributed by atoms with Gasteiger partial charge in [-0.25, -0.2) is 0 Å². The summed E-state index contributed by atoms with van der Waals surface area (Å²) in [5.41, 5.74) is 1.58. The van der Waals surface area contributed by atoms with Crippen molar-refractivity contribution in [2.24, 2.45) is 0 Å². The molecule has 1 aliphatic rings. The number of aliphatic hydroxyl groups excluding tert-OH is 1. The van der Waals surface area contributed by atoms with Crippen molar-refractivity contribution in [1.29, 1.82) is 0 Å². The highest BCUT2D eigenvalue weighted by Gasteiger charge is 2.46. The third-order valence-corrected chi connectivity index (χ3v) is 5.25. The summed E-state index contributed by atoms with van der Waals surface area (Å²) in [6.45, 7) is 0. The predicted octanol–water partition coefficient (Wildman–Crippen LogP) is 5.62. The number of carbonyl (C=O) groups excluding carboxylic acids is 2. The zero-order chi connectivity index (χ0) is 20.5. The molecule has 1 unspecified atom stereocenters. The van der Waals surface area contributed by atoms with Crippen LogP contribution in [0.2, 0.25) is 10.0 Å². The van der Waals surface area contributed by atoms with Gasteiger partial charge in [-0.2, -0.15) is 0 Å². The number of hydrogen-bond donors (Lipinski definition) is 1. The molecule has 1 saturated heterocycles. The van der Waals surface area contributed by atoms with Gasteiger partial charge in [-0.05, 0) is 35.9 Å². The Labute approximate surface area is 177 Å². The molecule has 0 aliphatic carbocycles. The lowest BCUT2D eigenvalue weighted by Gasteiger charge is -2.25. The fourth-order valence-corrected chi connectivity index (χ4v) is 3.75. The SMILES string of the molecule is O=C1C(=O)N(c2cccc(Cl)c2)C(c2ccc(Cl)cc2)/C1=C(\O)c1ccccc1. The highest BCUT2D eigenvalue weighted by Crippen LogP contribution is 2.42. The maximum absolute atomic E-state index is 13.0. The number of Topliss-reactive ketones (excluding diaryl/α,β-unsaturated/α-hetero) is 1. The molecule has 0 saturated carbocycles. The van der Waals surface area contributed by atoms with E-state index in [0.717, 1.165) is 0 Å². The van der Waals surface area contributed by atoms with Crippen molar-refractivity contribution in [3.05, 3.63) is 106 Å². The maximum Gasteiger partial charge on any atom is 0.300 e. The van der Waals surface area contributed by atoms with Crippen LogP contribution in [0, 0.1) is 0 Å². The highest BCUT2D eigenvalue weighted by molar-refractivity contribution is 6.51. The van der Waals surface area contributed by atoms with E-state index in [1.54, 1.807) is 78.9 Å². The number of amides is 1. The number of carbonyl (C=O) groups is 2. The van der Waals surface area contributed by atoms with Gasteiger partial charge in [0.2, 0.25) is 0 Å². The van der Waals surface area contributed by atoms with Gasteiger partial charge in [-0.1, -0.05) is 71.7 Å². The first kappa shape index (κ1) is 19.2. The lowest BCUT2D eigenvalue weighted by atomic mass is 9.95. The second-order valence-corrected chi connectivity index (χ2v) is 7.44. The van der Waals surface area contributed by atoms with Gasteiger partial charge < -0.3 is 5.11 Å². The minimum atomic E-state index is -0.814. The Morgan fingerprint density at radius 3 is 2.17 bits per heavy atom. The van der Waals surface area contributed by atoms with Crippen LogP contribution >= 0.6 is 23.2 Å². The van der Waals surface area contributed by atoms with Crippen LogP contribution < -0.4 is 4.90 Å². The summed E-state index contributed by atoms with van der Waals surface area (Å²) >= 11 is 12.1. The third-order valence-electron chi connectivity index (χ3n) is 4.76. The van der Waals surface area contributed by atoms with Crippen LogP contribution in [0.15, 0.2) is 84.4 Å². The fraction of sp³-hybridized carbons (Fsp3) is 0.0435. The molecule has 3 aromatic carbocycles. The number of nitrogens with zero attached hydrogens (tertiary/aromatic N) is 1. The molecule has 1 N–H and O–H groups in total. The zero-order valence-corrected chi connectivity index (χ0v) is 16.6. The third kappa shape index (κ3) is 3.53. The topological polar surface area (TPSA) is 57.6 Å². The number of halogens is 2. The van der Waals surface area contributed by atoms with E-state index < -0.39 is 17.7 Å². The summed E-state index contributed by atoms with van der Waals surface area (Å²) in [4.78, 5) is 27.3. The van der Waals surface area contributed by atoms with Gasteiger partial charge in [0.15, 0.2) is 0 Å². The summed E-state index contributed by atoms with van der Waals surface area (Å²) in [6, 6.07) is 21.4. The van der Waals surface area contributed by atoms with E-state index >= 15 is 0 Å². The molecule has 3 aromatic rings. The van der Waals surface area contributed by atoms with E-state index in [-0.39, 0.29) is 11.3 Å². The standard InChI is InChI=1S/C23H15Cl2NO3/c24-16-11-9-14(10-12-16)20-19(21(27)15-5-2-1-3-6-15)22(28)23(29)26(20)18-8-4-7-17(25)13-18/h1-13,20,27H/b21-19+. The molecular weight excluding hydrogens is 409 g/mol. The Morgan fingerprint density at radius 2 is 1.52 bits per heavy atom. The Kier molecular flexibility index (Phi) is 5.14. The van der Waals surface area contributed by atoms with Crippen molar-refractivity contribution in [3.8, 4) is 0 Å². The van der Waals surface area contributed by atoms with E-state index in [1.165, 1.54) is 4.90 Å². The molecule has 0 aromatic heterocycles. The van der Waals surface area contributed by atoms with Gasteiger partial charge in [0.05, 0.1) is 11.6 Å². The first-order chi connectivity index (χ1) is 14.0. The van der Waals surface area contributed by atoms with Crippen molar-refractivity contribution in [3.63, 3.8) is 0 Å². The molecule has 1 aliphatic heterocycles. The van der Waals surface area contributed by atoms with Crippen LogP contribution in [-0.4, -0.2) is 16.8 Å². The zero-order valence-electron chi connectivity index (χ0n) is 15.0. The second kappa shape index (κ2) is 7.74. The number of ketones is 1. The van der Waals surface area contributed by atoms with Crippen molar-refractivity contribution >= 4 is 46.3 Å². The average Bonchev–Trinajstić information content (AvgIpc) is 2.99. The molecule has 1 amide bonds. The quantitative estimate of drug-likeness (QED) is 0.337. The molecule has 4 nitrogen and oxygen atoms in total. The highest BCUT2D eigenvalue weighted by atomic mass is 35.5. The Bertz CT molecular complexity index is 1120. The largest absolute Gasteiger partial charge is 0.507 e. The molecule has 144 valence electrons. The Morgan fingerprint density at radius 1 is 0.828 bits per heavy atom. The minimum absolute atomic E-state index is 0.0171. The second-order valence-electron chi connectivity index (χ2n) is 6.57. The molecule has 6 heteroatoms. The van der Waals surface area contributed by atoms with Crippen molar-refractivity contribution < 1.29 is 14.7 Å². The monoisotopic (exact) mass is 423 g/mol. The number of anilines is 1. The van der Waals surface area contributed by atoms with Crippen LogP contribution in [0.3, 0.4) is 0 Å². The fourth-order valence-electron chi connectivity index (χ4n) is 3.44. The van der Waals surface area contributed by atoms with Crippen LogP contribution in [-0.2, 0) is 9.59 Å². The molecule has 4 rings (SSSR count). The molecule has 1 heterocycles. The summed E-state index contributed by atoms with van der Waals surface area (Å²) in [7, 11) is 0. The molecule has 29 heavy (non-hydrogen) atoms. The molecule has 0 bridgehead atoms. The maximum atomic E-state index is 13.0. The number of hydrogen-bond acceptors (Lipinski definition) is 3. The van der Waals surface area contributed by atoms with Gasteiger partial charge in [-0.3, -0.25) is 14.5 Å². The smallest absolute Gasteiger partial charge is 0.300 e. The summed E-state index contributed by atoms with van der Waals surface area (Å²) in [6.07, 6.45) is 0. The first-order valence-electron chi connectivity index (χ1n) is 8.85. The first-order valence-corrected chi connectivity index (χ1v) is 9.60. The molecule has 0 spiro atoms. The molecule has 0 radical (unpaired) electrons. The van der Waals surface area contributed by atoms with Crippen molar-refractivity contribution in [2.45, 2.75) is 6.04 Å². The Balaban J connectivity index is 1.96. The van der Waals surface area contributed by atoms with Crippen LogP contribution in [0.4, 0.5) is 5.69 Å². The van der Waals surface area contributed by atoms with E-state index in [1.807, 2.05) is 0 Å². The molecule has 1 atom stereocenters. The van der Waals surface area contributed by atoms with Crippen molar-refractivity contribution in [2.75, 3.05) is 4.90 Å². The van der Waals surface area contributed by atoms with E-state index in [9.17, 15) is 14.7 Å². The van der Waals surface area contributed by atoms with Crippen LogP contribution in [0.5, 0.6) is 0 Å². The predicted molar refractivity (Wildman–Crippen MR) is 114 cm³/mol.